The summed E-state index contributed by atoms with van der Waals surface area (Å²) in [4.78, 5) is 11.5. The predicted molar refractivity (Wildman–Crippen MR) is 110 cm³/mol. The first kappa shape index (κ1) is 19.8. The van der Waals surface area contributed by atoms with Crippen molar-refractivity contribution < 1.29 is 18.7 Å². The number of esters is 1. The molecule has 2 aromatic rings. The van der Waals surface area contributed by atoms with Crippen LogP contribution in [0.15, 0.2) is 34.7 Å². The van der Waals surface area contributed by atoms with E-state index < -0.39 is 0 Å². The topological polar surface area (TPSA) is 48.7 Å². The number of hydrogen-bond donors (Lipinski definition) is 0. The Kier molecular flexibility index (Phi) is 6.46. The van der Waals surface area contributed by atoms with Gasteiger partial charge in [0.2, 0.25) is 0 Å². The lowest BCUT2D eigenvalue weighted by Gasteiger charge is -2.36. The van der Waals surface area contributed by atoms with E-state index in [0.29, 0.717) is 18.1 Å². The zero-order chi connectivity index (χ0) is 19.3. The van der Waals surface area contributed by atoms with Crippen molar-refractivity contribution in [3.8, 4) is 17.6 Å². The van der Waals surface area contributed by atoms with Crippen molar-refractivity contribution in [2.45, 2.75) is 23.8 Å². The fourth-order valence-electron chi connectivity index (χ4n) is 3.00. The van der Waals surface area contributed by atoms with Gasteiger partial charge in [0, 0.05) is 17.5 Å². The largest absolute Gasteiger partial charge is 0.493 e. The molecule has 6 heteroatoms. The summed E-state index contributed by atoms with van der Waals surface area (Å²) < 4.78 is 16.4. The minimum Gasteiger partial charge on any atom is -0.493 e. The Bertz CT molecular complexity index is 872. The van der Waals surface area contributed by atoms with E-state index in [0.717, 1.165) is 24.3 Å². The van der Waals surface area contributed by atoms with Crippen LogP contribution in [0.1, 0.15) is 36.0 Å². The summed E-state index contributed by atoms with van der Waals surface area (Å²) in [6, 6.07) is 9.60. The summed E-state index contributed by atoms with van der Waals surface area (Å²) in [5, 5.41) is 0. The first-order valence-corrected chi connectivity index (χ1v) is 11.2. The predicted octanol–water partition coefficient (Wildman–Crippen LogP) is 4.45. The van der Waals surface area contributed by atoms with Crippen LogP contribution in [0.25, 0.3) is 0 Å². The Morgan fingerprint density at radius 3 is 2.78 bits per heavy atom. The van der Waals surface area contributed by atoms with E-state index in [1.165, 1.54) is 5.56 Å². The molecule has 0 saturated carbocycles. The van der Waals surface area contributed by atoms with Gasteiger partial charge in [-0.3, -0.25) is 4.79 Å². The maximum absolute atomic E-state index is 11.5. The molecule has 1 aliphatic rings. The zero-order valence-electron chi connectivity index (χ0n) is 15.7. The molecule has 0 radical (unpaired) electrons. The van der Waals surface area contributed by atoms with Crippen molar-refractivity contribution in [3.05, 3.63) is 53.0 Å². The Balaban J connectivity index is 1.80. The SMILES string of the molecule is CCOC(=O)Cc1ccc(C#Cc2ccc3c(c2)C(SC)(SC)CCO3)o1. The van der Waals surface area contributed by atoms with E-state index in [4.69, 9.17) is 13.9 Å². The number of hydrogen-bond acceptors (Lipinski definition) is 6. The molecule has 0 fully saturated rings. The van der Waals surface area contributed by atoms with Crippen molar-refractivity contribution in [2.75, 3.05) is 25.7 Å². The number of fused-ring (bicyclic) bond motifs is 1. The van der Waals surface area contributed by atoms with Crippen LogP contribution in [-0.4, -0.2) is 31.7 Å². The van der Waals surface area contributed by atoms with Crippen molar-refractivity contribution in [2.24, 2.45) is 0 Å². The highest BCUT2D eigenvalue weighted by Gasteiger charge is 2.36. The molecular formula is C21H22O4S2. The van der Waals surface area contributed by atoms with Gasteiger partial charge in [0.15, 0.2) is 5.76 Å². The molecule has 27 heavy (non-hydrogen) atoms. The van der Waals surface area contributed by atoms with Crippen LogP contribution < -0.4 is 4.74 Å². The molecule has 0 N–H and O–H groups in total. The van der Waals surface area contributed by atoms with Crippen LogP contribution in [0.4, 0.5) is 0 Å². The zero-order valence-corrected chi connectivity index (χ0v) is 17.3. The number of rotatable bonds is 5. The quantitative estimate of drug-likeness (QED) is 0.418. The first-order chi connectivity index (χ1) is 13.1. The Hall–Kier alpha value is -1.97. The lowest BCUT2D eigenvalue weighted by Crippen LogP contribution is -2.26. The number of thioether (sulfide) groups is 2. The van der Waals surface area contributed by atoms with Gasteiger partial charge in [-0.25, -0.2) is 0 Å². The van der Waals surface area contributed by atoms with Gasteiger partial charge in [0.05, 0.1) is 17.3 Å². The lowest BCUT2D eigenvalue weighted by atomic mass is 10.0. The molecule has 142 valence electrons. The van der Waals surface area contributed by atoms with Gasteiger partial charge in [-0.1, -0.05) is 5.92 Å². The smallest absolute Gasteiger partial charge is 0.313 e. The van der Waals surface area contributed by atoms with Gasteiger partial charge in [0.25, 0.3) is 0 Å². The minimum atomic E-state index is -0.300. The molecular weight excluding hydrogens is 380 g/mol. The van der Waals surface area contributed by atoms with Crippen LogP contribution in [0.5, 0.6) is 5.75 Å². The molecule has 4 nitrogen and oxygen atoms in total. The highest BCUT2D eigenvalue weighted by Crippen LogP contribution is 2.52. The monoisotopic (exact) mass is 402 g/mol. The average Bonchev–Trinajstić information content (AvgIpc) is 3.13. The summed E-state index contributed by atoms with van der Waals surface area (Å²) in [6.07, 6.45) is 5.36. The number of furan rings is 1. The van der Waals surface area contributed by atoms with E-state index in [1.54, 1.807) is 19.1 Å². The van der Waals surface area contributed by atoms with Gasteiger partial charge >= 0.3 is 5.97 Å². The highest BCUT2D eigenvalue weighted by atomic mass is 32.2. The van der Waals surface area contributed by atoms with Gasteiger partial charge in [-0.15, -0.1) is 23.5 Å². The molecule has 0 amide bonds. The summed E-state index contributed by atoms with van der Waals surface area (Å²) in [7, 11) is 0. The van der Waals surface area contributed by atoms with Crippen molar-refractivity contribution >= 4 is 29.5 Å². The molecule has 1 aliphatic heterocycles. The van der Waals surface area contributed by atoms with Crippen LogP contribution >= 0.6 is 23.5 Å². The number of carbonyl (C=O) groups excluding carboxylic acids is 1. The summed E-state index contributed by atoms with van der Waals surface area (Å²) in [5.41, 5.74) is 2.10. The minimum absolute atomic E-state index is 0.00274. The Labute approximate surface area is 168 Å². The molecule has 2 heterocycles. The highest BCUT2D eigenvalue weighted by molar-refractivity contribution is 8.16. The third-order valence-electron chi connectivity index (χ3n) is 4.35. The fraction of sp³-hybridized carbons (Fsp3) is 0.381. The van der Waals surface area contributed by atoms with Crippen molar-refractivity contribution in [1.29, 1.82) is 0 Å². The standard InChI is InChI=1S/C21H22O4S2/c1-4-23-20(22)14-17-9-8-16(25-17)7-5-15-6-10-19-18(13-15)21(26-2,27-3)11-12-24-19/h6,8-10,13H,4,11-12,14H2,1-3H3. The first-order valence-electron chi connectivity index (χ1n) is 8.74. The summed E-state index contributed by atoms with van der Waals surface area (Å²) >= 11 is 3.69. The van der Waals surface area contributed by atoms with E-state index >= 15 is 0 Å². The molecule has 3 rings (SSSR count). The second kappa shape index (κ2) is 8.81. The van der Waals surface area contributed by atoms with Gasteiger partial charge < -0.3 is 13.9 Å². The van der Waals surface area contributed by atoms with Crippen LogP contribution in [0.3, 0.4) is 0 Å². The number of ether oxygens (including phenoxy) is 2. The normalized spacial score (nSPS) is 14.5. The van der Waals surface area contributed by atoms with Crippen LogP contribution in [0.2, 0.25) is 0 Å². The maximum atomic E-state index is 11.5. The molecule has 0 unspecified atom stereocenters. The van der Waals surface area contributed by atoms with E-state index in [2.05, 4.69) is 30.4 Å². The number of benzene rings is 1. The summed E-state index contributed by atoms with van der Waals surface area (Å²) in [5.74, 6) is 7.91. The fourth-order valence-corrected chi connectivity index (χ4v) is 5.00. The molecule has 0 aliphatic carbocycles. The van der Waals surface area contributed by atoms with E-state index in [-0.39, 0.29) is 16.5 Å². The van der Waals surface area contributed by atoms with Gasteiger partial charge in [-0.05, 0) is 55.7 Å². The molecule has 0 atom stereocenters. The molecule has 1 aromatic carbocycles. The van der Waals surface area contributed by atoms with Gasteiger partial charge in [0.1, 0.15) is 17.9 Å². The molecule has 0 spiro atoms. The van der Waals surface area contributed by atoms with Gasteiger partial charge in [-0.2, -0.15) is 0 Å². The van der Waals surface area contributed by atoms with Crippen molar-refractivity contribution in [1.82, 2.24) is 0 Å². The molecule has 0 bridgehead atoms. The van der Waals surface area contributed by atoms with Crippen LogP contribution in [0, 0.1) is 11.8 Å². The lowest BCUT2D eigenvalue weighted by molar-refractivity contribution is -0.142. The Morgan fingerprint density at radius 2 is 2.04 bits per heavy atom. The second-order valence-corrected chi connectivity index (χ2v) is 8.44. The maximum Gasteiger partial charge on any atom is 0.313 e. The third-order valence-corrected chi connectivity index (χ3v) is 7.52. The molecule has 0 saturated heterocycles. The second-order valence-electron chi connectivity index (χ2n) is 5.97. The Morgan fingerprint density at radius 1 is 1.22 bits per heavy atom. The average molecular weight is 403 g/mol. The third kappa shape index (κ3) is 4.48. The number of carbonyl (C=O) groups is 1. The van der Waals surface area contributed by atoms with Crippen LogP contribution in [-0.2, 0) is 20.0 Å². The summed E-state index contributed by atoms with van der Waals surface area (Å²) in [6.45, 7) is 2.88. The van der Waals surface area contributed by atoms with E-state index in [1.807, 2.05) is 35.7 Å². The van der Waals surface area contributed by atoms with Crippen molar-refractivity contribution in [3.63, 3.8) is 0 Å². The molecule has 1 aromatic heterocycles. The van der Waals surface area contributed by atoms with E-state index in [9.17, 15) is 4.79 Å².